The summed E-state index contributed by atoms with van der Waals surface area (Å²) in [7, 11) is -4.24. The minimum Gasteiger partial charge on any atom is -0.376 e. The number of hydrogen-bond acceptors (Lipinski definition) is 7. The SMILES string of the molecule is O=C(NC[C@@H]1CCCO1)[C@@H](c1ccc(F)cc1)N(CCN1CCCCC1)C(=O)CN1C(=O)c2ccccc2S1(=O)=O. The standard InChI is InChI=1S/C29H35FN4O6S/c30-22-12-10-21(11-13-22)27(28(36)31-19-23-7-6-18-40-23)33(17-16-32-14-4-1-5-15-32)26(35)20-34-29(37)24-8-2-3-9-25(24)41(34,38)39/h2-3,8-13,23,27H,1,4-7,14-20H2,(H,31,36)/t23-,27+/m0/s1. The van der Waals surface area contributed by atoms with Crippen LogP contribution in [0.5, 0.6) is 0 Å². The topological polar surface area (TPSA) is 116 Å². The number of carbonyl (C=O) groups is 3. The number of carbonyl (C=O) groups excluding carboxylic acids is 3. The molecular weight excluding hydrogens is 551 g/mol. The van der Waals surface area contributed by atoms with E-state index in [-0.39, 0.29) is 29.7 Å². The number of fused-ring (bicyclic) bond motifs is 1. The van der Waals surface area contributed by atoms with E-state index in [1.54, 1.807) is 6.07 Å². The Bertz CT molecular complexity index is 1370. The highest BCUT2D eigenvalue weighted by Crippen LogP contribution is 2.31. The Labute approximate surface area is 239 Å². The van der Waals surface area contributed by atoms with Crippen LogP contribution >= 0.6 is 0 Å². The number of amides is 3. The van der Waals surface area contributed by atoms with E-state index in [1.165, 1.54) is 47.4 Å². The predicted octanol–water partition coefficient (Wildman–Crippen LogP) is 2.32. The number of piperidine rings is 1. The molecule has 0 bridgehead atoms. The zero-order valence-corrected chi connectivity index (χ0v) is 23.7. The second-order valence-electron chi connectivity index (χ2n) is 10.6. The molecule has 0 spiro atoms. The van der Waals surface area contributed by atoms with Crippen molar-refractivity contribution in [3.63, 3.8) is 0 Å². The van der Waals surface area contributed by atoms with Gasteiger partial charge in [-0.25, -0.2) is 17.1 Å². The molecule has 3 aliphatic heterocycles. The molecule has 2 aromatic carbocycles. The Hall–Kier alpha value is -3.35. The van der Waals surface area contributed by atoms with Crippen LogP contribution in [0.25, 0.3) is 0 Å². The summed E-state index contributed by atoms with van der Waals surface area (Å²) in [4.78, 5) is 44.1. The fraction of sp³-hybridized carbons (Fsp3) is 0.483. The van der Waals surface area contributed by atoms with Crippen LogP contribution in [0.15, 0.2) is 53.4 Å². The third kappa shape index (κ3) is 6.44. The van der Waals surface area contributed by atoms with Gasteiger partial charge in [-0.05, 0) is 68.6 Å². The fourth-order valence-corrected chi connectivity index (χ4v) is 7.18. The zero-order valence-electron chi connectivity index (χ0n) is 22.8. The van der Waals surface area contributed by atoms with E-state index in [1.807, 2.05) is 0 Å². The van der Waals surface area contributed by atoms with Crippen molar-refractivity contribution in [3.05, 3.63) is 65.5 Å². The average Bonchev–Trinajstić information content (AvgIpc) is 3.57. The summed E-state index contributed by atoms with van der Waals surface area (Å²) < 4.78 is 46.5. The number of likely N-dealkylation sites (tertiary alicyclic amines) is 1. The van der Waals surface area contributed by atoms with Crippen molar-refractivity contribution in [2.75, 3.05) is 45.9 Å². The Morgan fingerprint density at radius 1 is 1.05 bits per heavy atom. The first-order valence-corrected chi connectivity index (χ1v) is 15.5. The second kappa shape index (κ2) is 12.7. The van der Waals surface area contributed by atoms with Gasteiger partial charge in [0.25, 0.3) is 15.9 Å². The van der Waals surface area contributed by atoms with Crippen LogP contribution in [-0.2, 0) is 24.3 Å². The molecule has 10 nitrogen and oxygen atoms in total. The first kappa shape index (κ1) is 29.2. The quantitative estimate of drug-likeness (QED) is 0.454. The lowest BCUT2D eigenvalue weighted by atomic mass is 10.0. The molecule has 12 heteroatoms. The molecule has 0 unspecified atom stereocenters. The summed E-state index contributed by atoms with van der Waals surface area (Å²) in [6.45, 7) is 2.38. The zero-order chi connectivity index (χ0) is 29.0. The maximum atomic E-state index is 14.0. The summed E-state index contributed by atoms with van der Waals surface area (Å²) in [5, 5.41) is 2.88. The highest BCUT2D eigenvalue weighted by molar-refractivity contribution is 7.90. The van der Waals surface area contributed by atoms with Crippen LogP contribution in [-0.4, -0.2) is 92.2 Å². The molecule has 3 heterocycles. The number of nitrogens with one attached hydrogen (secondary N) is 1. The van der Waals surface area contributed by atoms with Crippen molar-refractivity contribution < 1.29 is 31.9 Å². The minimum absolute atomic E-state index is 0.00422. The lowest BCUT2D eigenvalue weighted by Gasteiger charge is -2.35. The predicted molar refractivity (Wildman–Crippen MR) is 148 cm³/mol. The average molecular weight is 587 g/mol. The van der Waals surface area contributed by atoms with Crippen molar-refractivity contribution in [3.8, 4) is 0 Å². The fourth-order valence-electron chi connectivity index (χ4n) is 5.67. The van der Waals surface area contributed by atoms with E-state index in [9.17, 15) is 27.2 Å². The maximum Gasteiger partial charge on any atom is 0.269 e. The molecule has 2 atom stereocenters. The van der Waals surface area contributed by atoms with Gasteiger partial charge in [-0.1, -0.05) is 30.7 Å². The summed E-state index contributed by atoms with van der Waals surface area (Å²) in [6.07, 6.45) is 4.72. The van der Waals surface area contributed by atoms with Gasteiger partial charge >= 0.3 is 0 Å². The van der Waals surface area contributed by atoms with E-state index in [4.69, 9.17) is 4.74 Å². The summed E-state index contributed by atoms with van der Waals surface area (Å²) in [5.74, 6) is -2.47. The van der Waals surface area contributed by atoms with Crippen LogP contribution in [0.4, 0.5) is 4.39 Å². The maximum absolute atomic E-state index is 14.0. The summed E-state index contributed by atoms with van der Waals surface area (Å²) in [5.41, 5.74) is 0.381. The van der Waals surface area contributed by atoms with Crippen LogP contribution in [0, 0.1) is 5.82 Å². The van der Waals surface area contributed by atoms with E-state index in [2.05, 4.69) is 10.2 Å². The van der Waals surface area contributed by atoms with Crippen molar-refractivity contribution >= 4 is 27.7 Å². The van der Waals surface area contributed by atoms with Gasteiger partial charge in [0.15, 0.2) is 0 Å². The van der Waals surface area contributed by atoms with Gasteiger partial charge in [0.2, 0.25) is 11.8 Å². The molecule has 0 aliphatic carbocycles. The third-order valence-electron chi connectivity index (χ3n) is 7.89. The van der Waals surface area contributed by atoms with Crippen LogP contribution < -0.4 is 5.32 Å². The van der Waals surface area contributed by atoms with Crippen LogP contribution in [0.2, 0.25) is 0 Å². The first-order valence-electron chi connectivity index (χ1n) is 14.1. The van der Waals surface area contributed by atoms with Crippen molar-refractivity contribution in [2.45, 2.75) is 49.1 Å². The highest BCUT2D eigenvalue weighted by atomic mass is 32.2. The molecule has 0 aromatic heterocycles. The molecule has 41 heavy (non-hydrogen) atoms. The van der Waals surface area contributed by atoms with Crippen molar-refractivity contribution in [1.82, 2.24) is 19.4 Å². The third-order valence-corrected chi connectivity index (χ3v) is 9.68. The molecule has 5 rings (SSSR count). The number of benzene rings is 2. The molecule has 3 aliphatic rings. The van der Waals surface area contributed by atoms with Gasteiger partial charge in [0.05, 0.1) is 11.7 Å². The van der Waals surface area contributed by atoms with Gasteiger partial charge in [0, 0.05) is 26.2 Å². The Balaban J connectivity index is 1.44. The Morgan fingerprint density at radius 3 is 2.46 bits per heavy atom. The first-order chi connectivity index (χ1) is 19.8. The Morgan fingerprint density at radius 2 is 1.78 bits per heavy atom. The van der Waals surface area contributed by atoms with E-state index < -0.39 is 46.1 Å². The molecule has 1 N–H and O–H groups in total. The van der Waals surface area contributed by atoms with Crippen molar-refractivity contribution in [1.29, 1.82) is 0 Å². The summed E-state index contributed by atoms with van der Waals surface area (Å²) >= 11 is 0. The van der Waals surface area contributed by atoms with Gasteiger partial charge < -0.3 is 19.9 Å². The number of halogens is 1. The van der Waals surface area contributed by atoms with E-state index in [0.717, 1.165) is 45.2 Å². The van der Waals surface area contributed by atoms with Gasteiger partial charge in [-0.2, -0.15) is 0 Å². The van der Waals surface area contributed by atoms with Gasteiger partial charge in [0.1, 0.15) is 23.3 Å². The molecule has 2 fully saturated rings. The smallest absolute Gasteiger partial charge is 0.269 e. The molecular formula is C29H35FN4O6S. The van der Waals surface area contributed by atoms with Gasteiger partial charge in [-0.15, -0.1) is 0 Å². The molecule has 220 valence electrons. The number of rotatable bonds is 10. The van der Waals surface area contributed by atoms with Crippen LogP contribution in [0.1, 0.15) is 54.1 Å². The molecule has 2 saturated heterocycles. The monoisotopic (exact) mass is 586 g/mol. The summed E-state index contributed by atoms with van der Waals surface area (Å²) in [6, 6.07) is 9.98. The normalized spacial score (nSPS) is 21.0. The number of sulfonamides is 1. The molecule has 0 radical (unpaired) electrons. The highest BCUT2D eigenvalue weighted by Gasteiger charge is 2.43. The van der Waals surface area contributed by atoms with Crippen LogP contribution in [0.3, 0.4) is 0 Å². The molecule has 2 aromatic rings. The number of nitrogens with zero attached hydrogens (tertiary/aromatic N) is 3. The molecule has 0 saturated carbocycles. The Kier molecular flexibility index (Phi) is 9.00. The number of hydrogen-bond donors (Lipinski definition) is 1. The minimum atomic E-state index is -4.24. The largest absolute Gasteiger partial charge is 0.376 e. The lowest BCUT2D eigenvalue weighted by Crippen LogP contribution is -2.51. The lowest BCUT2D eigenvalue weighted by molar-refractivity contribution is -0.141. The second-order valence-corrected chi connectivity index (χ2v) is 12.5. The molecule has 3 amide bonds. The number of ether oxygens (including phenoxy) is 1. The van der Waals surface area contributed by atoms with E-state index in [0.29, 0.717) is 23.0 Å². The van der Waals surface area contributed by atoms with Gasteiger partial charge in [-0.3, -0.25) is 14.4 Å². The van der Waals surface area contributed by atoms with Crippen molar-refractivity contribution in [2.24, 2.45) is 0 Å². The van der Waals surface area contributed by atoms with E-state index >= 15 is 0 Å².